The molecule has 0 saturated carbocycles. The van der Waals surface area contributed by atoms with E-state index in [0.29, 0.717) is 22.2 Å². The highest BCUT2D eigenvalue weighted by molar-refractivity contribution is 6.34. The number of hydrogen-bond donors (Lipinski definition) is 2. The van der Waals surface area contributed by atoms with Crippen LogP contribution in [-0.2, 0) is 6.54 Å². The highest BCUT2D eigenvalue weighted by Crippen LogP contribution is 2.29. The normalized spacial score (nSPS) is 10.5. The highest BCUT2D eigenvalue weighted by Gasteiger charge is 2.08. The zero-order chi connectivity index (χ0) is 17.8. The third kappa shape index (κ3) is 4.36. The second kappa shape index (κ2) is 7.64. The highest BCUT2D eigenvalue weighted by atomic mass is 35.5. The van der Waals surface area contributed by atoms with Gasteiger partial charge < -0.3 is 10.4 Å². The van der Waals surface area contributed by atoms with Gasteiger partial charge in [0.25, 0.3) is 0 Å². The Morgan fingerprint density at radius 2 is 1.56 bits per heavy atom. The first-order valence-corrected chi connectivity index (χ1v) is 8.55. The van der Waals surface area contributed by atoms with Crippen molar-refractivity contribution in [2.24, 2.45) is 0 Å². The molecule has 126 valence electrons. The monoisotopic (exact) mass is 369 g/mol. The SMILES string of the molecule is C=C(O)c1ccc(-c2ccccc2)cc1NCc1cc(Cl)cc(Cl)c1. The topological polar surface area (TPSA) is 32.3 Å². The van der Waals surface area contributed by atoms with Gasteiger partial charge >= 0.3 is 0 Å². The Morgan fingerprint density at radius 1 is 0.880 bits per heavy atom. The van der Waals surface area contributed by atoms with Gasteiger partial charge in [0.1, 0.15) is 5.76 Å². The van der Waals surface area contributed by atoms with Gasteiger partial charge in [0, 0.05) is 27.8 Å². The van der Waals surface area contributed by atoms with Crippen molar-refractivity contribution in [3.8, 4) is 11.1 Å². The van der Waals surface area contributed by atoms with Gasteiger partial charge in [-0.15, -0.1) is 0 Å². The number of benzene rings is 3. The summed E-state index contributed by atoms with van der Waals surface area (Å²) in [5, 5.41) is 14.4. The second-order valence-corrected chi connectivity index (χ2v) is 6.58. The van der Waals surface area contributed by atoms with Crippen molar-refractivity contribution in [3.05, 3.63) is 94.5 Å². The van der Waals surface area contributed by atoms with E-state index in [1.54, 1.807) is 6.07 Å². The Bertz CT molecular complexity index is 887. The molecule has 0 unspecified atom stereocenters. The van der Waals surface area contributed by atoms with E-state index >= 15 is 0 Å². The van der Waals surface area contributed by atoms with Crippen LogP contribution in [0.25, 0.3) is 16.9 Å². The van der Waals surface area contributed by atoms with Crippen LogP contribution in [0.2, 0.25) is 10.0 Å². The number of halogens is 2. The maximum Gasteiger partial charge on any atom is 0.117 e. The minimum Gasteiger partial charge on any atom is -0.508 e. The third-order valence-electron chi connectivity index (χ3n) is 3.84. The maximum absolute atomic E-state index is 9.87. The maximum atomic E-state index is 9.87. The summed E-state index contributed by atoms with van der Waals surface area (Å²) >= 11 is 12.1. The lowest BCUT2D eigenvalue weighted by Gasteiger charge is -2.14. The van der Waals surface area contributed by atoms with Gasteiger partial charge in [-0.3, -0.25) is 0 Å². The standard InChI is InChI=1S/C21H17Cl2NO/c1-14(25)20-8-7-17(16-5-3-2-4-6-16)11-21(20)24-13-15-9-18(22)12-19(23)10-15/h2-12,24-25H,1,13H2. The van der Waals surface area contributed by atoms with Gasteiger partial charge in [-0.1, -0.05) is 66.2 Å². The number of anilines is 1. The fraction of sp³-hybridized carbons (Fsp3) is 0.0476. The number of nitrogens with one attached hydrogen (secondary N) is 1. The van der Waals surface area contributed by atoms with E-state index in [0.717, 1.165) is 22.4 Å². The van der Waals surface area contributed by atoms with Gasteiger partial charge in [0.15, 0.2) is 0 Å². The molecule has 2 N–H and O–H groups in total. The quantitative estimate of drug-likeness (QED) is 0.484. The van der Waals surface area contributed by atoms with E-state index in [1.165, 1.54) is 0 Å². The van der Waals surface area contributed by atoms with E-state index < -0.39 is 0 Å². The lowest BCUT2D eigenvalue weighted by Crippen LogP contribution is -2.02. The molecule has 0 aliphatic heterocycles. The molecule has 0 fully saturated rings. The van der Waals surface area contributed by atoms with Crippen LogP contribution in [0.5, 0.6) is 0 Å². The number of hydrogen-bond acceptors (Lipinski definition) is 2. The van der Waals surface area contributed by atoms with Gasteiger partial charge in [-0.05, 0) is 47.0 Å². The number of rotatable bonds is 5. The zero-order valence-electron chi connectivity index (χ0n) is 13.5. The largest absolute Gasteiger partial charge is 0.508 e. The molecule has 0 atom stereocenters. The fourth-order valence-corrected chi connectivity index (χ4v) is 3.23. The molecule has 2 nitrogen and oxygen atoms in total. The summed E-state index contributed by atoms with van der Waals surface area (Å²) < 4.78 is 0. The van der Waals surface area contributed by atoms with E-state index in [1.807, 2.05) is 60.7 Å². The van der Waals surface area contributed by atoms with Crippen LogP contribution >= 0.6 is 23.2 Å². The molecule has 0 aromatic heterocycles. The van der Waals surface area contributed by atoms with Crippen LogP contribution in [-0.4, -0.2) is 5.11 Å². The zero-order valence-corrected chi connectivity index (χ0v) is 15.0. The summed E-state index contributed by atoms with van der Waals surface area (Å²) in [6.45, 7) is 4.17. The Hall–Kier alpha value is -2.42. The molecule has 0 aliphatic rings. The van der Waals surface area contributed by atoms with Crippen molar-refractivity contribution in [1.82, 2.24) is 0 Å². The van der Waals surface area contributed by atoms with Crippen LogP contribution in [0.15, 0.2) is 73.3 Å². The Morgan fingerprint density at radius 3 is 2.20 bits per heavy atom. The van der Waals surface area contributed by atoms with E-state index in [2.05, 4.69) is 11.9 Å². The van der Waals surface area contributed by atoms with Crippen LogP contribution in [0.1, 0.15) is 11.1 Å². The molecule has 0 saturated heterocycles. The predicted octanol–water partition coefficient (Wildman–Crippen LogP) is 6.80. The van der Waals surface area contributed by atoms with Gasteiger partial charge in [0.2, 0.25) is 0 Å². The first kappa shape index (κ1) is 17.4. The molecule has 3 aromatic rings. The molecule has 0 aliphatic carbocycles. The minimum atomic E-state index is 0.0197. The summed E-state index contributed by atoms with van der Waals surface area (Å²) in [7, 11) is 0. The lowest BCUT2D eigenvalue weighted by atomic mass is 10.0. The van der Waals surface area contributed by atoms with Crippen LogP contribution in [0.4, 0.5) is 5.69 Å². The molecule has 4 heteroatoms. The molecule has 0 radical (unpaired) electrons. The van der Waals surface area contributed by atoms with Crippen molar-refractivity contribution in [3.63, 3.8) is 0 Å². The van der Waals surface area contributed by atoms with Crippen molar-refractivity contribution in [1.29, 1.82) is 0 Å². The average Bonchev–Trinajstić information content (AvgIpc) is 2.59. The van der Waals surface area contributed by atoms with Crippen molar-refractivity contribution in [2.75, 3.05) is 5.32 Å². The number of aliphatic hydroxyl groups is 1. The van der Waals surface area contributed by atoms with Crippen molar-refractivity contribution < 1.29 is 5.11 Å². The Balaban J connectivity index is 1.91. The first-order chi connectivity index (χ1) is 12.0. The molecule has 3 rings (SSSR count). The summed E-state index contributed by atoms with van der Waals surface area (Å²) in [5.74, 6) is 0.0197. The summed E-state index contributed by atoms with van der Waals surface area (Å²) in [6, 6.07) is 21.3. The minimum absolute atomic E-state index is 0.0197. The summed E-state index contributed by atoms with van der Waals surface area (Å²) in [4.78, 5) is 0. The Labute approximate surface area is 157 Å². The molecule has 25 heavy (non-hydrogen) atoms. The smallest absolute Gasteiger partial charge is 0.117 e. The number of aliphatic hydroxyl groups excluding tert-OH is 1. The summed E-state index contributed by atoms with van der Waals surface area (Å²) in [5.41, 5.74) is 4.57. The van der Waals surface area contributed by atoms with Crippen LogP contribution < -0.4 is 5.32 Å². The molecular weight excluding hydrogens is 353 g/mol. The van der Waals surface area contributed by atoms with Crippen LogP contribution in [0.3, 0.4) is 0 Å². The van der Waals surface area contributed by atoms with E-state index in [-0.39, 0.29) is 5.76 Å². The third-order valence-corrected chi connectivity index (χ3v) is 4.28. The van der Waals surface area contributed by atoms with Gasteiger partial charge in [0.05, 0.1) is 0 Å². The average molecular weight is 370 g/mol. The van der Waals surface area contributed by atoms with Crippen molar-refractivity contribution >= 4 is 34.6 Å². The second-order valence-electron chi connectivity index (χ2n) is 5.70. The first-order valence-electron chi connectivity index (χ1n) is 7.79. The molecule has 0 bridgehead atoms. The lowest BCUT2D eigenvalue weighted by molar-refractivity contribution is 0.514. The molecular formula is C21H17Cl2NO. The molecule has 0 heterocycles. The van der Waals surface area contributed by atoms with E-state index in [4.69, 9.17) is 23.2 Å². The summed E-state index contributed by atoms with van der Waals surface area (Å²) in [6.07, 6.45) is 0. The van der Waals surface area contributed by atoms with Crippen molar-refractivity contribution in [2.45, 2.75) is 6.54 Å². The predicted molar refractivity (Wildman–Crippen MR) is 107 cm³/mol. The molecule has 0 amide bonds. The van der Waals surface area contributed by atoms with Gasteiger partial charge in [-0.2, -0.15) is 0 Å². The van der Waals surface area contributed by atoms with Crippen LogP contribution in [0, 0.1) is 0 Å². The fourth-order valence-electron chi connectivity index (χ4n) is 2.66. The van der Waals surface area contributed by atoms with E-state index in [9.17, 15) is 5.11 Å². The molecule has 0 spiro atoms. The Kier molecular flexibility index (Phi) is 5.32. The molecule has 3 aromatic carbocycles. The van der Waals surface area contributed by atoms with Gasteiger partial charge in [-0.25, -0.2) is 0 Å².